The van der Waals surface area contributed by atoms with Gasteiger partial charge in [0, 0.05) is 30.2 Å². The quantitative estimate of drug-likeness (QED) is 0.695. The molecule has 1 atom stereocenters. The fourth-order valence-corrected chi connectivity index (χ4v) is 3.68. The minimum atomic E-state index is -1.28. The van der Waals surface area contributed by atoms with Crippen molar-refractivity contribution in [1.82, 2.24) is 15.0 Å². The molecule has 0 saturated heterocycles. The van der Waals surface area contributed by atoms with Gasteiger partial charge in [0.15, 0.2) is 0 Å². The Labute approximate surface area is 117 Å². The smallest absolute Gasteiger partial charge is 0.251 e. The summed E-state index contributed by atoms with van der Waals surface area (Å²) in [6.07, 6.45) is 6.73. The van der Waals surface area contributed by atoms with Gasteiger partial charge in [-0.2, -0.15) is 0 Å². The number of aromatic nitrogens is 3. The molecule has 0 spiro atoms. The fourth-order valence-electron chi connectivity index (χ4n) is 1.53. The van der Waals surface area contributed by atoms with Gasteiger partial charge in [-0.3, -0.25) is 4.98 Å². The summed E-state index contributed by atoms with van der Waals surface area (Å²) < 4.78 is 13.0. The van der Waals surface area contributed by atoms with E-state index >= 15 is 0 Å². The van der Waals surface area contributed by atoms with Crippen LogP contribution in [-0.4, -0.2) is 19.5 Å². The lowest BCUT2D eigenvalue weighted by Gasteiger charge is -2.04. The number of rotatable bonds is 3. The van der Waals surface area contributed by atoms with E-state index in [4.69, 9.17) is 0 Å². The molecule has 6 heteroatoms. The van der Waals surface area contributed by atoms with Crippen molar-refractivity contribution in [3.05, 3.63) is 55.1 Å². The molecule has 0 aliphatic carbocycles. The molecule has 3 aromatic rings. The zero-order chi connectivity index (χ0) is 13.1. The van der Waals surface area contributed by atoms with E-state index in [1.54, 1.807) is 36.9 Å². The first kappa shape index (κ1) is 12.3. The Morgan fingerprint density at radius 2 is 1.95 bits per heavy atom. The van der Waals surface area contributed by atoms with Crippen molar-refractivity contribution in [3.63, 3.8) is 0 Å². The minimum Gasteiger partial charge on any atom is -0.605 e. The highest BCUT2D eigenvalue weighted by Crippen LogP contribution is 2.30. The van der Waals surface area contributed by atoms with Gasteiger partial charge in [0.1, 0.15) is 5.01 Å². The van der Waals surface area contributed by atoms with Gasteiger partial charge < -0.3 is 4.55 Å². The molecule has 0 radical (unpaired) electrons. The standard InChI is InChI=1S/C13H9N3OS2/c17-19(11-5-1-2-7-15-11)12-9-16-13(18-12)10-4-3-6-14-8-10/h1-9H. The average molecular weight is 287 g/mol. The molecule has 4 nitrogen and oxygen atoms in total. The highest BCUT2D eigenvalue weighted by molar-refractivity contribution is 7.93. The van der Waals surface area contributed by atoms with Crippen molar-refractivity contribution >= 4 is 22.5 Å². The second-order valence-corrected chi connectivity index (χ2v) is 6.35. The van der Waals surface area contributed by atoms with Crippen molar-refractivity contribution in [2.75, 3.05) is 0 Å². The molecule has 3 rings (SSSR count). The maximum absolute atomic E-state index is 12.3. The van der Waals surface area contributed by atoms with Crippen LogP contribution in [0.4, 0.5) is 0 Å². The van der Waals surface area contributed by atoms with Crippen LogP contribution in [0.15, 0.2) is 64.4 Å². The van der Waals surface area contributed by atoms with Crippen LogP contribution in [0, 0.1) is 0 Å². The molecule has 3 aromatic heterocycles. The Morgan fingerprint density at radius 3 is 2.68 bits per heavy atom. The molecule has 3 heterocycles. The number of thiazole rings is 1. The summed E-state index contributed by atoms with van der Waals surface area (Å²) >= 11 is 0.122. The summed E-state index contributed by atoms with van der Waals surface area (Å²) in [6, 6.07) is 9.16. The largest absolute Gasteiger partial charge is 0.605 e. The molecule has 0 saturated carbocycles. The first-order valence-electron chi connectivity index (χ1n) is 5.53. The third-order valence-corrected chi connectivity index (χ3v) is 5.04. The van der Waals surface area contributed by atoms with Crippen LogP contribution < -0.4 is 0 Å². The number of hydrogen-bond acceptors (Lipinski definition) is 5. The predicted molar refractivity (Wildman–Crippen MR) is 74.3 cm³/mol. The summed E-state index contributed by atoms with van der Waals surface area (Å²) in [5, 5.41) is 1.36. The Hall–Kier alpha value is -1.76. The molecule has 1 unspecified atom stereocenters. The lowest BCUT2D eigenvalue weighted by molar-refractivity contribution is 0.593. The van der Waals surface area contributed by atoms with E-state index < -0.39 is 11.2 Å². The second-order valence-electron chi connectivity index (χ2n) is 3.66. The summed E-state index contributed by atoms with van der Waals surface area (Å²) in [4.78, 5) is 12.4. The maximum atomic E-state index is 12.3. The third-order valence-electron chi connectivity index (χ3n) is 2.40. The van der Waals surface area contributed by atoms with Crippen LogP contribution in [0.5, 0.6) is 0 Å². The SMILES string of the molecule is [O-][S+](c1ccccn1)c1cnc(-c2cccnc2)s1. The van der Waals surface area contributed by atoms with Crippen molar-refractivity contribution in [2.45, 2.75) is 9.24 Å². The highest BCUT2D eigenvalue weighted by atomic mass is 32.2. The van der Waals surface area contributed by atoms with Gasteiger partial charge in [0.2, 0.25) is 4.21 Å². The molecule has 0 amide bonds. The molecule has 0 N–H and O–H groups in total. The lowest BCUT2D eigenvalue weighted by atomic mass is 10.3. The summed E-state index contributed by atoms with van der Waals surface area (Å²) in [5.74, 6) is 0. The van der Waals surface area contributed by atoms with E-state index in [1.165, 1.54) is 11.3 Å². The van der Waals surface area contributed by atoms with Crippen molar-refractivity contribution < 1.29 is 4.55 Å². The van der Waals surface area contributed by atoms with Gasteiger partial charge in [0.05, 0.1) is 17.4 Å². The van der Waals surface area contributed by atoms with Crippen LogP contribution in [0.3, 0.4) is 0 Å². The summed E-state index contributed by atoms with van der Waals surface area (Å²) in [7, 11) is 0. The topological polar surface area (TPSA) is 61.7 Å². The number of hydrogen-bond donors (Lipinski definition) is 0. The predicted octanol–water partition coefficient (Wildman–Crippen LogP) is 2.77. The van der Waals surface area contributed by atoms with Crippen LogP contribution in [0.1, 0.15) is 0 Å². The van der Waals surface area contributed by atoms with Gasteiger partial charge >= 0.3 is 0 Å². The number of nitrogens with zero attached hydrogens (tertiary/aromatic N) is 3. The minimum absolute atomic E-state index is 0.545. The van der Waals surface area contributed by atoms with Gasteiger partial charge in [0.25, 0.3) is 5.03 Å². The molecule has 94 valence electrons. The molecule has 19 heavy (non-hydrogen) atoms. The molecular weight excluding hydrogens is 278 g/mol. The Bertz CT molecular complexity index is 658. The lowest BCUT2D eigenvalue weighted by Crippen LogP contribution is -2.01. The maximum Gasteiger partial charge on any atom is 0.251 e. The zero-order valence-electron chi connectivity index (χ0n) is 9.76. The van der Waals surface area contributed by atoms with Gasteiger partial charge in [-0.05, 0) is 18.2 Å². The monoisotopic (exact) mass is 287 g/mol. The summed E-state index contributed by atoms with van der Waals surface area (Å²) in [6.45, 7) is 0. The Kier molecular flexibility index (Phi) is 3.54. The molecule has 0 bridgehead atoms. The van der Waals surface area contributed by atoms with Crippen molar-refractivity contribution in [1.29, 1.82) is 0 Å². The van der Waals surface area contributed by atoms with E-state index in [2.05, 4.69) is 15.0 Å². The molecule has 0 fully saturated rings. The first-order chi connectivity index (χ1) is 9.34. The van der Waals surface area contributed by atoms with E-state index in [-0.39, 0.29) is 0 Å². The molecule has 0 aromatic carbocycles. The van der Waals surface area contributed by atoms with E-state index in [0.717, 1.165) is 10.6 Å². The normalized spacial score (nSPS) is 12.3. The van der Waals surface area contributed by atoms with E-state index in [1.807, 2.05) is 18.2 Å². The van der Waals surface area contributed by atoms with Gasteiger partial charge in [-0.15, -0.1) is 0 Å². The second kappa shape index (κ2) is 5.48. The van der Waals surface area contributed by atoms with Crippen LogP contribution in [0.2, 0.25) is 0 Å². The van der Waals surface area contributed by atoms with Crippen molar-refractivity contribution in [3.8, 4) is 10.6 Å². The Balaban J connectivity index is 1.90. The average Bonchev–Trinajstić information content (AvgIpc) is 2.98. The van der Waals surface area contributed by atoms with Crippen LogP contribution in [0.25, 0.3) is 10.6 Å². The molecule has 0 aliphatic heterocycles. The van der Waals surface area contributed by atoms with E-state index in [9.17, 15) is 4.55 Å². The van der Waals surface area contributed by atoms with Gasteiger partial charge in [-0.25, -0.2) is 9.97 Å². The van der Waals surface area contributed by atoms with Crippen LogP contribution in [-0.2, 0) is 11.2 Å². The van der Waals surface area contributed by atoms with Gasteiger partial charge in [-0.1, -0.05) is 17.4 Å². The zero-order valence-corrected chi connectivity index (χ0v) is 11.4. The third kappa shape index (κ3) is 2.65. The highest BCUT2D eigenvalue weighted by Gasteiger charge is 2.20. The number of pyridine rings is 2. The fraction of sp³-hybridized carbons (Fsp3) is 0. The summed E-state index contributed by atoms with van der Waals surface area (Å²) in [5.41, 5.74) is 0.928. The van der Waals surface area contributed by atoms with E-state index in [0.29, 0.717) is 9.24 Å². The molecular formula is C13H9N3OS2. The first-order valence-corrected chi connectivity index (χ1v) is 7.50. The Morgan fingerprint density at radius 1 is 1.00 bits per heavy atom. The van der Waals surface area contributed by atoms with Crippen molar-refractivity contribution in [2.24, 2.45) is 0 Å². The molecule has 0 aliphatic rings. The van der Waals surface area contributed by atoms with Crippen LogP contribution >= 0.6 is 11.3 Å².